The minimum atomic E-state index is 0.578. The highest BCUT2D eigenvalue weighted by Gasteiger charge is 2.13. The zero-order valence-corrected chi connectivity index (χ0v) is 9.37. The lowest BCUT2D eigenvalue weighted by Crippen LogP contribution is -2.30. The van der Waals surface area contributed by atoms with Gasteiger partial charge in [-0.15, -0.1) is 0 Å². The Morgan fingerprint density at radius 2 is 2.33 bits per heavy atom. The maximum atomic E-state index is 4.45. The molecule has 1 fully saturated rings. The van der Waals surface area contributed by atoms with E-state index in [1.807, 2.05) is 19.2 Å². The van der Waals surface area contributed by atoms with Crippen molar-refractivity contribution in [1.82, 2.24) is 15.3 Å². The predicted octanol–water partition coefficient (Wildman–Crippen LogP) is 1.86. The van der Waals surface area contributed by atoms with Gasteiger partial charge in [0.25, 0.3) is 0 Å². The van der Waals surface area contributed by atoms with Gasteiger partial charge in [0.05, 0.1) is 0 Å². The average Bonchev–Trinajstić information content (AvgIpc) is 2.46. The molecule has 0 saturated carbocycles. The van der Waals surface area contributed by atoms with Crippen molar-refractivity contribution >= 4 is 0 Å². The SMILES string of the molecule is Cc1ccnc(CC2CCCCCN2)n1. The Balaban J connectivity index is 1.95. The van der Waals surface area contributed by atoms with Crippen LogP contribution in [0.2, 0.25) is 0 Å². The quantitative estimate of drug-likeness (QED) is 0.801. The molecule has 0 spiro atoms. The lowest BCUT2D eigenvalue weighted by molar-refractivity contribution is 0.496. The molecule has 1 aromatic heterocycles. The topological polar surface area (TPSA) is 37.8 Å². The maximum absolute atomic E-state index is 4.45. The molecule has 3 heteroatoms. The van der Waals surface area contributed by atoms with Gasteiger partial charge in [-0.25, -0.2) is 9.97 Å². The minimum Gasteiger partial charge on any atom is -0.314 e. The van der Waals surface area contributed by atoms with Gasteiger partial charge in [0, 0.05) is 24.4 Å². The fourth-order valence-corrected chi connectivity index (χ4v) is 2.09. The van der Waals surface area contributed by atoms with E-state index in [0.29, 0.717) is 6.04 Å². The van der Waals surface area contributed by atoms with Crippen LogP contribution in [0.15, 0.2) is 12.3 Å². The van der Waals surface area contributed by atoms with Gasteiger partial charge >= 0.3 is 0 Å². The molecule has 15 heavy (non-hydrogen) atoms. The zero-order chi connectivity index (χ0) is 10.5. The monoisotopic (exact) mass is 205 g/mol. The highest BCUT2D eigenvalue weighted by Crippen LogP contribution is 2.11. The van der Waals surface area contributed by atoms with Crippen molar-refractivity contribution in [3.63, 3.8) is 0 Å². The molecule has 82 valence electrons. The van der Waals surface area contributed by atoms with Gasteiger partial charge in [0.15, 0.2) is 0 Å². The molecule has 1 aromatic rings. The van der Waals surface area contributed by atoms with E-state index in [4.69, 9.17) is 0 Å². The standard InChI is InChI=1S/C12H19N3/c1-10-6-8-14-12(15-10)9-11-5-3-2-4-7-13-11/h6,8,11,13H,2-5,7,9H2,1H3. The van der Waals surface area contributed by atoms with Gasteiger partial charge < -0.3 is 5.32 Å². The Hall–Kier alpha value is -0.960. The molecule has 1 aliphatic rings. The second-order valence-corrected chi connectivity index (χ2v) is 4.32. The third-order valence-corrected chi connectivity index (χ3v) is 2.94. The van der Waals surface area contributed by atoms with Crippen molar-refractivity contribution in [1.29, 1.82) is 0 Å². The Morgan fingerprint density at radius 1 is 1.40 bits per heavy atom. The maximum Gasteiger partial charge on any atom is 0.130 e. The fourth-order valence-electron chi connectivity index (χ4n) is 2.09. The summed E-state index contributed by atoms with van der Waals surface area (Å²) in [5.41, 5.74) is 1.06. The van der Waals surface area contributed by atoms with Crippen molar-refractivity contribution in [3.8, 4) is 0 Å². The number of aromatic nitrogens is 2. The van der Waals surface area contributed by atoms with Crippen LogP contribution in [0.4, 0.5) is 0 Å². The number of rotatable bonds is 2. The van der Waals surface area contributed by atoms with E-state index in [1.165, 1.54) is 25.7 Å². The highest BCUT2D eigenvalue weighted by atomic mass is 14.9. The zero-order valence-electron chi connectivity index (χ0n) is 9.37. The Kier molecular flexibility index (Phi) is 3.67. The second kappa shape index (κ2) is 5.21. The number of nitrogens with one attached hydrogen (secondary N) is 1. The summed E-state index contributed by atoms with van der Waals surface area (Å²) in [6, 6.07) is 2.53. The van der Waals surface area contributed by atoms with Crippen LogP contribution in [0, 0.1) is 6.92 Å². The van der Waals surface area contributed by atoms with Gasteiger partial charge in [-0.05, 0) is 32.4 Å². The minimum absolute atomic E-state index is 0.578. The van der Waals surface area contributed by atoms with Crippen LogP contribution in [0.25, 0.3) is 0 Å². The summed E-state index contributed by atoms with van der Waals surface area (Å²) >= 11 is 0. The summed E-state index contributed by atoms with van der Waals surface area (Å²) in [7, 11) is 0. The first-order valence-electron chi connectivity index (χ1n) is 5.86. The predicted molar refractivity (Wildman–Crippen MR) is 60.7 cm³/mol. The van der Waals surface area contributed by atoms with Gasteiger partial charge in [-0.1, -0.05) is 12.8 Å². The molecular weight excluding hydrogens is 186 g/mol. The lowest BCUT2D eigenvalue weighted by Gasteiger charge is -2.14. The summed E-state index contributed by atoms with van der Waals surface area (Å²) in [5.74, 6) is 0.981. The first kappa shape index (κ1) is 10.6. The van der Waals surface area contributed by atoms with E-state index in [1.54, 1.807) is 0 Å². The number of aryl methyl sites for hydroxylation is 1. The van der Waals surface area contributed by atoms with E-state index in [0.717, 1.165) is 24.5 Å². The van der Waals surface area contributed by atoms with E-state index < -0.39 is 0 Å². The van der Waals surface area contributed by atoms with Crippen LogP contribution < -0.4 is 5.32 Å². The van der Waals surface area contributed by atoms with Crippen molar-refractivity contribution in [2.45, 2.75) is 45.1 Å². The van der Waals surface area contributed by atoms with Crippen LogP contribution in [-0.4, -0.2) is 22.6 Å². The van der Waals surface area contributed by atoms with E-state index in [-0.39, 0.29) is 0 Å². The van der Waals surface area contributed by atoms with Crippen LogP contribution in [0.1, 0.15) is 37.2 Å². The molecule has 3 nitrogen and oxygen atoms in total. The average molecular weight is 205 g/mol. The summed E-state index contributed by atoms with van der Waals surface area (Å²) in [4.78, 5) is 8.76. The molecule has 1 N–H and O–H groups in total. The third kappa shape index (κ3) is 3.27. The second-order valence-electron chi connectivity index (χ2n) is 4.32. The Bertz CT molecular complexity index is 303. The molecule has 0 amide bonds. The molecule has 0 aromatic carbocycles. The van der Waals surface area contributed by atoms with E-state index in [9.17, 15) is 0 Å². The molecule has 0 aliphatic carbocycles. The van der Waals surface area contributed by atoms with E-state index >= 15 is 0 Å². The van der Waals surface area contributed by atoms with Crippen LogP contribution >= 0.6 is 0 Å². The van der Waals surface area contributed by atoms with Crippen LogP contribution in [0.5, 0.6) is 0 Å². The van der Waals surface area contributed by atoms with Gasteiger partial charge in [0.2, 0.25) is 0 Å². The van der Waals surface area contributed by atoms with Crippen molar-refractivity contribution < 1.29 is 0 Å². The molecule has 1 unspecified atom stereocenters. The molecule has 1 saturated heterocycles. The summed E-state index contributed by atoms with van der Waals surface area (Å²) < 4.78 is 0. The Morgan fingerprint density at radius 3 is 3.20 bits per heavy atom. The van der Waals surface area contributed by atoms with Gasteiger partial charge in [-0.2, -0.15) is 0 Å². The molecule has 1 atom stereocenters. The fraction of sp³-hybridized carbons (Fsp3) is 0.667. The normalized spacial score (nSPS) is 22.3. The molecule has 0 radical (unpaired) electrons. The molecular formula is C12H19N3. The van der Waals surface area contributed by atoms with Gasteiger partial charge in [0.1, 0.15) is 5.82 Å². The first-order valence-corrected chi connectivity index (χ1v) is 5.86. The number of nitrogens with zero attached hydrogens (tertiary/aromatic N) is 2. The van der Waals surface area contributed by atoms with Crippen LogP contribution in [0.3, 0.4) is 0 Å². The third-order valence-electron chi connectivity index (χ3n) is 2.94. The summed E-state index contributed by atoms with van der Waals surface area (Å²) in [6.07, 6.45) is 8.10. The molecule has 1 aliphatic heterocycles. The van der Waals surface area contributed by atoms with E-state index in [2.05, 4.69) is 15.3 Å². The first-order chi connectivity index (χ1) is 7.34. The van der Waals surface area contributed by atoms with Crippen molar-refractivity contribution in [2.75, 3.05) is 6.54 Å². The Labute approximate surface area is 91.3 Å². The smallest absolute Gasteiger partial charge is 0.130 e. The number of hydrogen-bond donors (Lipinski definition) is 1. The van der Waals surface area contributed by atoms with Crippen LogP contribution in [-0.2, 0) is 6.42 Å². The molecule has 0 bridgehead atoms. The van der Waals surface area contributed by atoms with Crippen molar-refractivity contribution in [2.24, 2.45) is 0 Å². The van der Waals surface area contributed by atoms with Gasteiger partial charge in [-0.3, -0.25) is 0 Å². The number of hydrogen-bond acceptors (Lipinski definition) is 3. The lowest BCUT2D eigenvalue weighted by atomic mass is 10.1. The summed E-state index contributed by atoms with van der Waals surface area (Å²) in [6.45, 7) is 3.17. The van der Waals surface area contributed by atoms with Crippen molar-refractivity contribution in [3.05, 3.63) is 23.8 Å². The largest absolute Gasteiger partial charge is 0.314 e. The highest BCUT2D eigenvalue weighted by molar-refractivity contribution is 5.01. The molecule has 2 rings (SSSR count). The summed E-state index contributed by atoms with van der Waals surface area (Å²) in [5, 5.41) is 3.57. The molecule has 2 heterocycles.